The van der Waals surface area contributed by atoms with Crippen molar-refractivity contribution in [3.05, 3.63) is 64.5 Å². The van der Waals surface area contributed by atoms with Crippen molar-refractivity contribution in [2.75, 3.05) is 6.54 Å². The summed E-state index contributed by atoms with van der Waals surface area (Å²) in [7, 11) is -3.71. The van der Waals surface area contributed by atoms with E-state index in [-0.39, 0.29) is 34.8 Å². The molecular weight excluding hydrogens is 466 g/mol. The monoisotopic (exact) mass is 489 g/mol. The van der Waals surface area contributed by atoms with Crippen molar-refractivity contribution < 1.29 is 22.5 Å². The highest BCUT2D eigenvalue weighted by Gasteiger charge is 2.31. The molecule has 10 heteroatoms. The molecule has 1 saturated heterocycles. The van der Waals surface area contributed by atoms with Crippen LogP contribution in [0.4, 0.5) is 0 Å². The number of esters is 1. The second-order valence-electron chi connectivity index (χ2n) is 8.00. The molecule has 1 fully saturated rings. The Labute approximate surface area is 197 Å². The molecule has 0 bridgehead atoms. The lowest BCUT2D eigenvalue weighted by Crippen LogP contribution is -2.41. The second kappa shape index (κ2) is 9.62. The third-order valence-electron chi connectivity index (χ3n) is 5.69. The molecule has 8 nitrogen and oxygen atoms in total. The largest absolute Gasteiger partial charge is 0.452 e. The standard InChI is InChI=1S/C23H24ClN3O5S/c1-15-10-11-17(33(29,30)27-12-6-5-7-16(27)2)13-19(15)23(28)31-14-21-25-22(26-32-21)18-8-3-4-9-20(18)24/h3-4,8-11,13,16H,5-7,12,14H2,1-2H3/t16-/m0/s1. The summed E-state index contributed by atoms with van der Waals surface area (Å²) in [5, 5.41) is 4.34. The van der Waals surface area contributed by atoms with E-state index in [1.165, 1.54) is 16.4 Å². The van der Waals surface area contributed by atoms with Crippen LogP contribution in [-0.4, -0.2) is 41.4 Å². The van der Waals surface area contributed by atoms with Gasteiger partial charge in [0.2, 0.25) is 15.8 Å². The van der Waals surface area contributed by atoms with Crippen LogP contribution in [0.5, 0.6) is 0 Å². The maximum atomic E-state index is 13.2. The van der Waals surface area contributed by atoms with Crippen LogP contribution in [0.2, 0.25) is 5.02 Å². The zero-order valence-electron chi connectivity index (χ0n) is 18.3. The number of sulfonamides is 1. The lowest BCUT2D eigenvalue weighted by atomic mass is 10.1. The summed E-state index contributed by atoms with van der Waals surface area (Å²) < 4.78 is 38.3. The number of halogens is 1. The van der Waals surface area contributed by atoms with Gasteiger partial charge >= 0.3 is 5.97 Å². The smallest absolute Gasteiger partial charge is 0.338 e. The Bertz CT molecular complexity index is 1270. The van der Waals surface area contributed by atoms with Crippen LogP contribution >= 0.6 is 11.6 Å². The Morgan fingerprint density at radius 1 is 1.24 bits per heavy atom. The molecule has 3 aromatic rings. The summed E-state index contributed by atoms with van der Waals surface area (Å²) in [6.45, 7) is 3.85. The number of carbonyl (C=O) groups excluding carboxylic acids is 1. The van der Waals surface area contributed by atoms with Crippen molar-refractivity contribution in [3.8, 4) is 11.4 Å². The lowest BCUT2D eigenvalue weighted by molar-refractivity contribution is 0.0428. The maximum absolute atomic E-state index is 13.2. The normalized spacial score (nSPS) is 17.1. The lowest BCUT2D eigenvalue weighted by Gasteiger charge is -2.32. The Morgan fingerprint density at radius 3 is 2.79 bits per heavy atom. The van der Waals surface area contributed by atoms with Crippen molar-refractivity contribution >= 4 is 27.6 Å². The first kappa shape index (κ1) is 23.4. The zero-order chi connectivity index (χ0) is 23.6. The molecule has 0 unspecified atom stereocenters. The van der Waals surface area contributed by atoms with E-state index in [0.29, 0.717) is 22.7 Å². The SMILES string of the molecule is Cc1ccc(S(=O)(=O)N2CCCC[C@@H]2C)cc1C(=O)OCc1nc(-c2ccccc2Cl)no1. The van der Waals surface area contributed by atoms with E-state index >= 15 is 0 Å². The van der Waals surface area contributed by atoms with Gasteiger partial charge in [-0.3, -0.25) is 0 Å². The molecule has 174 valence electrons. The van der Waals surface area contributed by atoms with E-state index in [1.54, 1.807) is 37.3 Å². The van der Waals surface area contributed by atoms with Crippen LogP contribution in [-0.2, 0) is 21.4 Å². The second-order valence-corrected chi connectivity index (χ2v) is 10.3. The van der Waals surface area contributed by atoms with Gasteiger partial charge in [-0.25, -0.2) is 13.2 Å². The van der Waals surface area contributed by atoms with Gasteiger partial charge < -0.3 is 9.26 Å². The van der Waals surface area contributed by atoms with Crippen molar-refractivity contribution in [1.82, 2.24) is 14.4 Å². The molecule has 0 N–H and O–H groups in total. The molecule has 0 radical (unpaired) electrons. The van der Waals surface area contributed by atoms with Gasteiger partial charge in [-0.05, 0) is 56.5 Å². The van der Waals surface area contributed by atoms with Crippen molar-refractivity contribution in [1.29, 1.82) is 0 Å². The van der Waals surface area contributed by atoms with Crippen LogP contribution in [0.1, 0.15) is 48.0 Å². The van der Waals surface area contributed by atoms with Gasteiger partial charge in [0.25, 0.3) is 5.89 Å². The van der Waals surface area contributed by atoms with E-state index in [0.717, 1.165) is 19.3 Å². The van der Waals surface area contributed by atoms with Crippen LogP contribution < -0.4 is 0 Å². The predicted molar refractivity (Wildman–Crippen MR) is 122 cm³/mol. The summed E-state index contributed by atoms with van der Waals surface area (Å²) >= 11 is 6.15. The van der Waals surface area contributed by atoms with Gasteiger partial charge in [-0.2, -0.15) is 9.29 Å². The fourth-order valence-corrected chi connectivity index (χ4v) is 5.76. The third kappa shape index (κ3) is 4.95. The number of hydrogen-bond acceptors (Lipinski definition) is 7. The third-order valence-corrected chi connectivity index (χ3v) is 8.03. The highest BCUT2D eigenvalue weighted by molar-refractivity contribution is 7.89. The first-order valence-corrected chi connectivity index (χ1v) is 12.5. The van der Waals surface area contributed by atoms with Crippen LogP contribution in [0, 0.1) is 6.92 Å². The molecule has 1 aromatic heterocycles. The number of carbonyl (C=O) groups is 1. The Hall–Kier alpha value is -2.75. The minimum absolute atomic E-state index is 0.0765. The Balaban J connectivity index is 1.50. The van der Waals surface area contributed by atoms with E-state index in [9.17, 15) is 13.2 Å². The van der Waals surface area contributed by atoms with E-state index in [1.807, 2.05) is 6.92 Å². The summed E-state index contributed by atoms with van der Waals surface area (Å²) in [5.74, 6) is -0.290. The molecule has 0 amide bonds. The molecule has 2 aromatic carbocycles. The van der Waals surface area contributed by atoms with Gasteiger partial charge in [-0.15, -0.1) is 0 Å². The van der Waals surface area contributed by atoms with Crippen molar-refractivity contribution in [3.63, 3.8) is 0 Å². The maximum Gasteiger partial charge on any atom is 0.338 e. The van der Waals surface area contributed by atoms with Crippen LogP contribution in [0.25, 0.3) is 11.4 Å². The number of aryl methyl sites for hydroxylation is 1. The molecule has 1 atom stereocenters. The first-order valence-electron chi connectivity index (χ1n) is 10.6. The van der Waals surface area contributed by atoms with Gasteiger partial charge in [0, 0.05) is 18.2 Å². The number of aromatic nitrogens is 2. The first-order chi connectivity index (χ1) is 15.8. The van der Waals surface area contributed by atoms with Gasteiger partial charge in [0.05, 0.1) is 15.5 Å². The van der Waals surface area contributed by atoms with E-state index in [2.05, 4.69) is 10.1 Å². The fraction of sp³-hybridized carbons (Fsp3) is 0.348. The zero-order valence-corrected chi connectivity index (χ0v) is 19.9. The molecule has 1 aliphatic rings. The molecule has 2 heterocycles. The Morgan fingerprint density at radius 2 is 2.03 bits per heavy atom. The minimum atomic E-state index is -3.71. The number of piperidine rings is 1. The highest BCUT2D eigenvalue weighted by atomic mass is 35.5. The Kier molecular flexibility index (Phi) is 6.83. The van der Waals surface area contributed by atoms with E-state index < -0.39 is 16.0 Å². The number of hydrogen-bond donors (Lipinski definition) is 0. The number of ether oxygens (including phenoxy) is 1. The summed E-state index contributed by atoms with van der Waals surface area (Å²) in [5.41, 5.74) is 1.38. The summed E-state index contributed by atoms with van der Waals surface area (Å²) in [6.07, 6.45) is 2.65. The number of benzene rings is 2. The molecule has 0 saturated carbocycles. The van der Waals surface area contributed by atoms with Crippen molar-refractivity contribution in [2.45, 2.75) is 50.7 Å². The molecular formula is C23H24ClN3O5S. The average molecular weight is 490 g/mol. The minimum Gasteiger partial charge on any atom is -0.452 e. The van der Waals surface area contributed by atoms with Crippen molar-refractivity contribution in [2.24, 2.45) is 0 Å². The van der Waals surface area contributed by atoms with Gasteiger partial charge in [0.15, 0.2) is 6.61 Å². The molecule has 4 rings (SSSR count). The number of nitrogens with zero attached hydrogens (tertiary/aromatic N) is 3. The molecule has 1 aliphatic heterocycles. The quantitative estimate of drug-likeness (QED) is 0.465. The van der Waals surface area contributed by atoms with Crippen LogP contribution in [0.15, 0.2) is 51.9 Å². The molecule has 0 spiro atoms. The predicted octanol–water partition coefficient (Wildman–Crippen LogP) is 4.62. The summed E-state index contributed by atoms with van der Waals surface area (Å²) in [4.78, 5) is 17.0. The molecule has 33 heavy (non-hydrogen) atoms. The number of rotatable bonds is 6. The van der Waals surface area contributed by atoms with E-state index in [4.69, 9.17) is 20.9 Å². The fourth-order valence-electron chi connectivity index (χ4n) is 3.82. The van der Waals surface area contributed by atoms with Gasteiger partial charge in [0.1, 0.15) is 0 Å². The topological polar surface area (TPSA) is 103 Å². The van der Waals surface area contributed by atoms with Crippen LogP contribution in [0.3, 0.4) is 0 Å². The highest BCUT2D eigenvalue weighted by Crippen LogP contribution is 2.27. The molecule has 0 aliphatic carbocycles. The summed E-state index contributed by atoms with van der Waals surface area (Å²) in [6, 6.07) is 11.5. The average Bonchev–Trinajstić information content (AvgIpc) is 3.27. The van der Waals surface area contributed by atoms with Gasteiger partial charge in [-0.1, -0.05) is 41.4 Å².